The minimum absolute atomic E-state index is 0. The SMILES string of the molecule is CCNC(=NCCCN1CCCN(C)CC1)NC1CCN(C2CCCC2)C1.I. The maximum absolute atomic E-state index is 4.86. The summed E-state index contributed by atoms with van der Waals surface area (Å²) in [6.45, 7) is 12.5. The molecule has 164 valence electrons. The Kier molecular flexibility index (Phi) is 11.4. The second kappa shape index (κ2) is 13.2. The second-order valence-electron chi connectivity index (χ2n) is 8.68. The predicted molar refractivity (Wildman–Crippen MR) is 130 cm³/mol. The molecule has 3 aliphatic rings. The number of rotatable bonds is 7. The van der Waals surface area contributed by atoms with E-state index in [0.717, 1.165) is 31.5 Å². The smallest absolute Gasteiger partial charge is 0.191 e. The van der Waals surface area contributed by atoms with Crippen LogP contribution in [0.1, 0.15) is 51.9 Å². The molecule has 0 aromatic heterocycles. The number of likely N-dealkylation sites (tertiary alicyclic amines) is 1. The highest BCUT2D eigenvalue weighted by Gasteiger charge is 2.30. The Balaban J connectivity index is 0.00000280. The van der Waals surface area contributed by atoms with Crippen molar-refractivity contribution in [2.24, 2.45) is 4.99 Å². The first kappa shape index (κ1) is 24.2. The van der Waals surface area contributed by atoms with Crippen LogP contribution in [0.15, 0.2) is 4.99 Å². The van der Waals surface area contributed by atoms with Crippen LogP contribution in [0.3, 0.4) is 0 Å². The summed E-state index contributed by atoms with van der Waals surface area (Å²) >= 11 is 0. The lowest BCUT2D eigenvalue weighted by Crippen LogP contribution is -2.45. The number of aliphatic imine (C=N–C) groups is 1. The van der Waals surface area contributed by atoms with Gasteiger partial charge in [-0.25, -0.2) is 0 Å². The molecule has 2 saturated heterocycles. The highest BCUT2D eigenvalue weighted by molar-refractivity contribution is 14.0. The second-order valence-corrected chi connectivity index (χ2v) is 8.68. The van der Waals surface area contributed by atoms with Gasteiger partial charge in [-0.3, -0.25) is 9.89 Å². The summed E-state index contributed by atoms with van der Waals surface area (Å²) in [5.74, 6) is 1.02. The molecule has 0 spiro atoms. The van der Waals surface area contributed by atoms with Gasteiger partial charge in [-0.05, 0) is 65.7 Å². The topological polar surface area (TPSA) is 46.1 Å². The van der Waals surface area contributed by atoms with Crippen LogP contribution in [0.25, 0.3) is 0 Å². The van der Waals surface area contributed by atoms with Crippen LogP contribution < -0.4 is 10.6 Å². The molecule has 0 aromatic carbocycles. The van der Waals surface area contributed by atoms with E-state index in [9.17, 15) is 0 Å². The Hall–Kier alpha value is -0.120. The molecule has 2 aliphatic heterocycles. The lowest BCUT2D eigenvalue weighted by Gasteiger charge is -2.24. The van der Waals surface area contributed by atoms with Gasteiger partial charge in [0.1, 0.15) is 0 Å². The minimum atomic E-state index is 0. The molecule has 2 N–H and O–H groups in total. The molecule has 3 rings (SSSR count). The van der Waals surface area contributed by atoms with Crippen molar-refractivity contribution in [3.05, 3.63) is 0 Å². The molecule has 1 atom stereocenters. The van der Waals surface area contributed by atoms with Crippen molar-refractivity contribution >= 4 is 29.9 Å². The fraction of sp³-hybridized carbons (Fsp3) is 0.952. The predicted octanol–water partition coefficient (Wildman–Crippen LogP) is 2.20. The quantitative estimate of drug-likeness (QED) is 0.240. The third-order valence-electron chi connectivity index (χ3n) is 6.46. The number of nitrogens with one attached hydrogen (secondary N) is 2. The molecule has 7 heteroatoms. The number of nitrogens with zero attached hydrogens (tertiary/aromatic N) is 4. The summed E-state index contributed by atoms with van der Waals surface area (Å²) in [7, 11) is 2.24. The van der Waals surface area contributed by atoms with Gasteiger partial charge in [0, 0.05) is 51.4 Å². The molecule has 0 amide bonds. The third-order valence-corrected chi connectivity index (χ3v) is 6.46. The van der Waals surface area contributed by atoms with Gasteiger partial charge in [0.15, 0.2) is 5.96 Å². The van der Waals surface area contributed by atoms with Crippen molar-refractivity contribution in [1.82, 2.24) is 25.3 Å². The minimum Gasteiger partial charge on any atom is -0.357 e. The average molecular weight is 507 g/mol. The maximum atomic E-state index is 4.86. The van der Waals surface area contributed by atoms with E-state index in [4.69, 9.17) is 4.99 Å². The molecule has 28 heavy (non-hydrogen) atoms. The van der Waals surface area contributed by atoms with Crippen LogP contribution in [-0.2, 0) is 0 Å². The van der Waals surface area contributed by atoms with Crippen LogP contribution in [0, 0.1) is 0 Å². The normalized spacial score (nSPS) is 26.2. The van der Waals surface area contributed by atoms with Gasteiger partial charge in [-0.15, -0.1) is 24.0 Å². The molecule has 0 bridgehead atoms. The number of hydrogen-bond acceptors (Lipinski definition) is 4. The van der Waals surface area contributed by atoms with Crippen LogP contribution in [0.4, 0.5) is 0 Å². The van der Waals surface area contributed by atoms with Gasteiger partial charge in [-0.1, -0.05) is 12.8 Å². The largest absolute Gasteiger partial charge is 0.357 e. The van der Waals surface area contributed by atoms with Crippen LogP contribution >= 0.6 is 24.0 Å². The summed E-state index contributed by atoms with van der Waals surface area (Å²) in [4.78, 5) is 12.6. The Morgan fingerprint density at radius 1 is 1.00 bits per heavy atom. The fourth-order valence-electron chi connectivity index (χ4n) is 4.83. The number of hydrogen-bond donors (Lipinski definition) is 2. The maximum Gasteiger partial charge on any atom is 0.191 e. The monoisotopic (exact) mass is 506 g/mol. The van der Waals surface area contributed by atoms with E-state index >= 15 is 0 Å². The van der Waals surface area contributed by atoms with Gasteiger partial charge >= 0.3 is 0 Å². The van der Waals surface area contributed by atoms with Crippen LogP contribution in [0.2, 0.25) is 0 Å². The molecule has 2 heterocycles. The lowest BCUT2D eigenvalue weighted by atomic mass is 10.2. The first-order valence-electron chi connectivity index (χ1n) is 11.4. The van der Waals surface area contributed by atoms with Crippen molar-refractivity contribution < 1.29 is 0 Å². The number of guanidine groups is 1. The van der Waals surface area contributed by atoms with Gasteiger partial charge in [0.25, 0.3) is 0 Å². The first-order valence-corrected chi connectivity index (χ1v) is 11.4. The molecular formula is C21H43IN6. The van der Waals surface area contributed by atoms with Gasteiger partial charge < -0.3 is 20.4 Å². The summed E-state index contributed by atoms with van der Waals surface area (Å²) in [6, 6.07) is 1.41. The zero-order valence-corrected chi connectivity index (χ0v) is 20.5. The van der Waals surface area contributed by atoms with E-state index in [2.05, 4.69) is 39.3 Å². The summed E-state index contributed by atoms with van der Waals surface area (Å²) in [5.41, 5.74) is 0. The van der Waals surface area contributed by atoms with Crippen molar-refractivity contribution in [3.63, 3.8) is 0 Å². The standard InChI is InChI=1S/C21H42N6.HI/c1-3-22-21(23-11-6-13-26-14-7-12-25(2)16-17-26)24-19-10-15-27(18-19)20-8-4-5-9-20;/h19-20H,3-18H2,1-2H3,(H2,22,23,24);1H. The highest BCUT2D eigenvalue weighted by Crippen LogP contribution is 2.26. The Morgan fingerprint density at radius 2 is 1.82 bits per heavy atom. The van der Waals surface area contributed by atoms with Crippen molar-refractivity contribution in [1.29, 1.82) is 0 Å². The molecule has 1 saturated carbocycles. The Labute approximate surface area is 189 Å². The average Bonchev–Trinajstić information content (AvgIpc) is 3.30. The van der Waals surface area contributed by atoms with E-state index in [0.29, 0.717) is 6.04 Å². The van der Waals surface area contributed by atoms with E-state index in [1.54, 1.807) is 0 Å². The van der Waals surface area contributed by atoms with E-state index < -0.39 is 0 Å². The number of likely N-dealkylation sites (N-methyl/N-ethyl adjacent to an activating group) is 1. The van der Waals surface area contributed by atoms with Crippen molar-refractivity contribution in [2.45, 2.75) is 64.0 Å². The summed E-state index contributed by atoms with van der Waals surface area (Å²) < 4.78 is 0. The van der Waals surface area contributed by atoms with Crippen molar-refractivity contribution in [3.8, 4) is 0 Å². The zero-order valence-electron chi connectivity index (χ0n) is 18.2. The van der Waals surface area contributed by atoms with Gasteiger partial charge in [0.2, 0.25) is 0 Å². The zero-order chi connectivity index (χ0) is 18.9. The van der Waals surface area contributed by atoms with E-state index in [1.165, 1.54) is 84.3 Å². The first-order chi connectivity index (χ1) is 13.2. The third kappa shape index (κ3) is 7.95. The molecule has 0 radical (unpaired) electrons. The van der Waals surface area contributed by atoms with Crippen LogP contribution in [-0.4, -0.2) is 98.7 Å². The number of halogens is 1. The lowest BCUT2D eigenvalue weighted by molar-refractivity contribution is 0.242. The van der Waals surface area contributed by atoms with Gasteiger partial charge in [-0.2, -0.15) is 0 Å². The highest BCUT2D eigenvalue weighted by atomic mass is 127. The summed E-state index contributed by atoms with van der Waals surface area (Å²) in [6.07, 6.45) is 9.37. The van der Waals surface area contributed by atoms with E-state index in [1.807, 2.05) is 0 Å². The molecule has 1 unspecified atom stereocenters. The fourth-order valence-corrected chi connectivity index (χ4v) is 4.83. The van der Waals surface area contributed by atoms with Crippen LogP contribution in [0.5, 0.6) is 0 Å². The van der Waals surface area contributed by atoms with Gasteiger partial charge in [0.05, 0.1) is 0 Å². The molecular weight excluding hydrogens is 463 g/mol. The Bertz CT molecular complexity index is 454. The molecule has 1 aliphatic carbocycles. The van der Waals surface area contributed by atoms with E-state index in [-0.39, 0.29) is 24.0 Å². The molecule has 3 fully saturated rings. The summed E-state index contributed by atoms with van der Waals surface area (Å²) in [5, 5.41) is 7.15. The molecule has 0 aromatic rings. The molecule has 6 nitrogen and oxygen atoms in total. The van der Waals surface area contributed by atoms with Crippen molar-refractivity contribution in [2.75, 3.05) is 66.0 Å². The Morgan fingerprint density at radius 3 is 2.61 bits per heavy atom.